The molecule has 5 nitrogen and oxygen atoms in total. The number of piperidine rings is 1. The average molecular weight is 351 g/mol. The lowest BCUT2D eigenvalue weighted by Gasteiger charge is -2.39. The molecule has 112 valence electrons. The van der Waals surface area contributed by atoms with Crippen LogP contribution in [-0.4, -0.2) is 40.7 Å². The Morgan fingerprint density at radius 1 is 1.29 bits per heavy atom. The minimum Gasteiger partial charge on any atom is -0.381 e. The Balaban J connectivity index is 1.65. The number of aryl methyl sites for hydroxylation is 1. The molecule has 0 unspecified atom stereocenters. The second-order valence-corrected chi connectivity index (χ2v) is 7.00. The highest BCUT2D eigenvalue weighted by molar-refractivity contribution is 9.10. The maximum atomic E-state index is 5.62. The van der Waals surface area contributed by atoms with Crippen molar-refractivity contribution in [2.45, 2.75) is 26.2 Å². The highest BCUT2D eigenvalue weighted by atomic mass is 79.9. The van der Waals surface area contributed by atoms with Crippen LogP contribution in [0.1, 0.15) is 25.0 Å². The normalized spacial score (nSPS) is 21.5. The number of hydrogen-bond acceptors (Lipinski definition) is 4. The molecule has 2 aromatic heterocycles. The summed E-state index contributed by atoms with van der Waals surface area (Å²) in [6.45, 7) is 6.01. The van der Waals surface area contributed by atoms with Gasteiger partial charge in [-0.1, -0.05) is 0 Å². The lowest BCUT2D eigenvalue weighted by atomic mass is 9.78. The highest BCUT2D eigenvalue weighted by Crippen LogP contribution is 2.40. The van der Waals surface area contributed by atoms with Crippen LogP contribution in [0.25, 0.3) is 5.52 Å². The summed E-state index contributed by atoms with van der Waals surface area (Å²) >= 11 is 3.59. The summed E-state index contributed by atoms with van der Waals surface area (Å²) in [6.07, 6.45) is 7.35. The van der Waals surface area contributed by atoms with Gasteiger partial charge in [-0.25, -0.2) is 9.97 Å². The van der Waals surface area contributed by atoms with Crippen molar-refractivity contribution in [3.8, 4) is 0 Å². The molecule has 2 aliphatic rings. The summed E-state index contributed by atoms with van der Waals surface area (Å²) in [5, 5.41) is 0. The number of ether oxygens (including phenoxy) is 1. The van der Waals surface area contributed by atoms with Gasteiger partial charge in [-0.3, -0.25) is 4.40 Å². The van der Waals surface area contributed by atoms with Crippen molar-refractivity contribution in [1.82, 2.24) is 14.4 Å². The lowest BCUT2D eigenvalue weighted by molar-refractivity contribution is 0.133. The largest absolute Gasteiger partial charge is 0.381 e. The fraction of sp³-hybridized carbons (Fsp3) is 0.600. The first-order valence-electron chi connectivity index (χ1n) is 7.49. The van der Waals surface area contributed by atoms with Gasteiger partial charge in [-0.2, -0.15) is 0 Å². The third-order valence-corrected chi connectivity index (χ3v) is 5.92. The van der Waals surface area contributed by atoms with E-state index < -0.39 is 0 Å². The van der Waals surface area contributed by atoms with E-state index in [2.05, 4.69) is 30.2 Å². The van der Waals surface area contributed by atoms with Crippen LogP contribution in [0.2, 0.25) is 0 Å². The Labute approximate surface area is 132 Å². The van der Waals surface area contributed by atoms with Crippen LogP contribution in [0.15, 0.2) is 17.1 Å². The van der Waals surface area contributed by atoms with Gasteiger partial charge in [0.15, 0.2) is 5.82 Å². The Bertz CT molecular complexity index is 668. The van der Waals surface area contributed by atoms with Crippen LogP contribution >= 0.6 is 15.9 Å². The third-order valence-electron chi connectivity index (χ3n) is 4.96. The molecule has 21 heavy (non-hydrogen) atoms. The molecule has 2 aliphatic heterocycles. The number of fused-ring (bicyclic) bond motifs is 1. The average Bonchev–Trinajstić information content (AvgIpc) is 3.14. The molecule has 0 saturated carbocycles. The molecular formula is C15H19BrN4O. The summed E-state index contributed by atoms with van der Waals surface area (Å²) in [6, 6.07) is 0. The third kappa shape index (κ3) is 2.16. The second kappa shape index (κ2) is 4.95. The monoisotopic (exact) mass is 350 g/mol. The summed E-state index contributed by atoms with van der Waals surface area (Å²) in [5.74, 6) is 1.06. The van der Waals surface area contributed by atoms with Crippen molar-refractivity contribution in [1.29, 1.82) is 0 Å². The summed E-state index contributed by atoms with van der Waals surface area (Å²) in [4.78, 5) is 11.5. The minimum atomic E-state index is 0.428. The van der Waals surface area contributed by atoms with Crippen LogP contribution in [-0.2, 0) is 4.74 Å². The fourth-order valence-corrected chi connectivity index (χ4v) is 3.89. The topological polar surface area (TPSA) is 42.7 Å². The molecule has 0 aromatic carbocycles. The Morgan fingerprint density at radius 3 is 2.81 bits per heavy atom. The molecule has 0 bridgehead atoms. The molecule has 0 N–H and O–H groups in total. The molecule has 0 amide bonds. The van der Waals surface area contributed by atoms with Gasteiger partial charge >= 0.3 is 0 Å². The number of halogens is 1. The Morgan fingerprint density at radius 2 is 2.10 bits per heavy atom. The van der Waals surface area contributed by atoms with Gasteiger partial charge in [0.2, 0.25) is 0 Å². The van der Waals surface area contributed by atoms with E-state index in [0.29, 0.717) is 5.41 Å². The zero-order valence-electron chi connectivity index (χ0n) is 12.2. The zero-order valence-corrected chi connectivity index (χ0v) is 13.8. The molecule has 2 aromatic rings. The van der Waals surface area contributed by atoms with E-state index in [1.165, 1.54) is 19.3 Å². The molecule has 0 atom stereocenters. The molecule has 0 aliphatic carbocycles. The first-order valence-corrected chi connectivity index (χ1v) is 8.29. The molecular weight excluding hydrogens is 332 g/mol. The molecule has 2 fully saturated rings. The van der Waals surface area contributed by atoms with Gasteiger partial charge < -0.3 is 9.64 Å². The molecule has 1 spiro atoms. The van der Waals surface area contributed by atoms with Crippen LogP contribution in [0.3, 0.4) is 0 Å². The first kappa shape index (κ1) is 13.5. The number of hydrogen-bond donors (Lipinski definition) is 0. The summed E-state index contributed by atoms with van der Waals surface area (Å²) in [7, 11) is 0. The maximum absolute atomic E-state index is 5.62. The van der Waals surface area contributed by atoms with Gasteiger partial charge in [-0.05, 0) is 47.5 Å². The minimum absolute atomic E-state index is 0.428. The van der Waals surface area contributed by atoms with E-state index in [4.69, 9.17) is 9.72 Å². The van der Waals surface area contributed by atoms with Crippen molar-refractivity contribution in [2.75, 3.05) is 31.2 Å². The zero-order chi connectivity index (χ0) is 14.4. The van der Waals surface area contributed by atoms with E-state index in [1.807, 2.05) is 19.4 Å². The van der Waals surface area contributed by atoms with Crippen molar-refractivity contribution in [3.05, 3.63) is 22.8 Å². The van der Waals surface area contributed by atoms with Crippen LogP contribution < -0.4 is 4.90 Å². The second-order valence-electron chi connectivity index (χ2n) is 6.25. The van der Waals surface area contributed by atoms with Gasteiger partial charge in [0.25, 0.3) is 0 Å². The molecule has 6 heteroatoms. The number of imidazole rings is 1. The Kier molecular flexibility index (Phi) is 3.19. The van der Waals surface area contributed by atoms with Gasteiger partial charge in [0, 0.05) is 19.7 Å². The molecule has 0 radical (unpaired) electrons. The Hall–Kier alpha value is -1.14. The number of aromatic nitrogens is 3. The predicted molar refractivity (Wildman–Crippen MR) is 84.7 cm³/mol. The van der Waals surface area contributed by atoms with Crippen LogP contribution in [0, 0.1) is 12.3 Å². The highest BCUT2D eigenvalue weighted by Gasteiger charge is 2.38. The summed E-state index contributed by atoms with van der Waals surface area (Å²) in [5.41, 5.74) is 2.50. The van der Waals surface area contributed by atoms with Gasteiger partial charge in [0.05, 0.1) is 18.5 Å². The standard InChI is InChI=1S/C15H19BrN4O/c1-11-13(16)20-10-17-8-12(20)14(18-11)19-5-2-15(3-6-19)4-7-21-9-15/h8,10H,2-7,9H2,1H3. The lowest BCUT2D eigenvalue weighted by Crippen LogP contribution is -2.41. The maximum Gasteiger partial charge on any atom is 0.154 e. The molecule has 2 saturated heterocycles. The van der Waals surface area contributed by atoms with Crippen molar-refractivity contribution in [2.24, 2.45) is 5.41 Å². The number of nitrogens with zero attached hydrogens (tertiary/aromatic N) is 4. The van der Waals surface area contributed by atoms with Gasteiger partial charge in [-0.15, -0.1) is 0 Å². The van der Waals surface area contributed by atoms with E-state index in [-0.39, 0.29) is 0 Å². The predicted octanol–water partition coefficient (Wildman–Crippen LogP) is 2.81. The smallest absolute Gasteiger partial charge is 0.154 e. The molecule has 4 rings (SSSR count). The van der Waals surface area contributed by atoms with E-state index in [0.717, 1.165) is 47.9 Å². The molecule has 4 heterocycles. The van der Waals surface area contributed by atoms with E-state index >= 15 is 0 Å². The quantitative estimate of drug-likeness (QED) is 0.793. The van der Waals surface area contributed by atoms with Crippen LogP contribution in [0.5, 0.6) is 0 Å². The summed E-state index contributed by atoms with van der Waals surface area (Å²) < 4.78 is 8.67. The first-order chi connectivity index (χ1) is 10.2. The van der Waals surface area contributed by atoms with Crippen molar-refractivity contribution < 1.29 is 4.74 Å². The van der Waals surface area contributed by atoms with Crippen molar-refractivity contribution in [3.63, 3.8) is 0 Å². The van der Waals surface area contributed by atoms with E-state index in [9.17, 15) is 0 Å². The number of rotatable bonds is 1. The fourth-order valence-electron chi connectivity index (χ4n) is 3.52. The van der Waals surface area contributed by atoms with Gasteiger partial charge in [0.1, 0.15) is 16.4 Å². The van der Waals surface area contributed by atoms with E-state index in [1.54, 1.807) is 0 Å². The number of anilines is 1. The SMILES string of the molecule is Cc1nc(N2CCC3(CCOC3)CC2)c2cncn2c1Br. The van der Waals surface area contributed by atoms with Crippen molar-refractivity contribution >= 4 is 27.3 Å². The van der Waals surface area contributed by atoms with Crippen LogP contribution in [0.4, 0.5) is 5.82 Å².